The van der Waals surface area contributed by atoms with Gasteiger partial charge in [-0.05, 0) is 25.0 Å². The van der Waals surface area contributed by atoms with Crippen LogP contribution in [0, 0.1) is 0 Å². The molecule has 0 N–H and O–H groups in total. The van der Waals surface area contributed by atoms with Gasteiger partial charge < -0.3 is 4.57 Å². The second-order valence-corrected chi connectivity index (χ2v) is 3.32. The summed E-state index contributed by atoms with van der Waals surface area (Å²) in [6.07, 6.45) is 4.41. The summed E-state index contributed by atoms with van der Waals surface area (Å²) in [6.45, 7) is 5.50. The van der Waals surface area contributed by atoms with Gasteiger partial charge in [-0.3, -0.25) is 0 Å². The van der Waals surface area contributed by atoms with Gasteiger partial charge in [0.2, 0.25) is 0 Å². The third-order valence-corrected chi connectivity index (χ3v) is 2.19. The highest BCUT2D eigenvalue weighted by Gasteiger charge is 1.91. The van der Waals surface area contributed by atoms with E-state index in [1.165, 1.54) is 12.1 Å². The van der Waals surface area contributed by atoms with Crippen molar-refractivity contribution in [1.82, 2.24) is 4.57 Å². The summed E-state index contributed by atoms with van der Waals surface area (Å²) in [5, 5.41) is 0. The number of hydrogen-bond acceptors (Lipinski definition) is 0. The predicted molar refractivity (Wildman–Crippen MR) is 61.7 cm³/mol. The molecule has 0 unspecified atom stereocenters. The van der Waals surface area contributed by atoms with Gasteiger partial charge in [0.15, 0.2) is 0 Å². The first kappa shape index (κ1) is 10.8. The topological polar surface area (TPSA) is 4.93 Å². The lowest BCUT2D eigenvalue weighted by Gasteiger charge is -2.07. The number of rotatable bonds is 3. The fourth-order valence-electron chi connectivity index (χ4n) is 1.48. The summed E-state index contributed by atoms with van der Waals surface area (Å²) in [7, 11) is 0. The fraction of sp³-hybridized carbons (Fsp3) is 0.385. The second-order valence-electron chi connectivity index (χ2n) is 3.32. The van der Waals surface area contributed by atoms with E-state index in [1.807, 2.05) is 0 Å². The van der Waals surface area contributed by atoms with Gasteiger partial charge in [0.05, 0.1) is 0 Å². The summed E-state index contributed by atoms with van der Waals surface area (Å²) in [6, 6.07) is 12.6. The molecule has 0 aliphatic carbocycles. The van der Waals surface area contributed by atoms with Crippen molar-refractivity contribution in [3.8, 4) is 0 Å². The summed E-state index contributed by atoms with van der Waals surface area (Å²) >= 11 is 0. The highest BCUT2D eigenvalue weighted by atomic mass is 14.9. The van der Waals surface area contributed by atoms with Crippen molar-refractivity contribution >= 4 is 0 Å². The van der Waals surface area contributed by atoms with Crippen LogP contribution in [0.15, 0.2) is 42.6 Å². The van der Waals surface area contributed by atoms with E-state index >= 15 is 0 Å². The predicted octanol–water partition coefficient (Wildman–Crippen LogP) is 3.58. The van der Waals surface area contributed by atoms with Crippen molar-refractivity contribution in [1.29, 1.82) is 0 Å². The quantitative estimate of drug-likeness (QED) is 0.685. The van der Waals surface area contributed by atoms with E-state index in [0.717, 1.165) is 13.0 Å². The Morgan fingerprint density at radius 1 is 1.00 bits per heavy atom. The van der Waals surface area contributed by atoms with Crippen molar-refractivity contribution in [2.45, 2.75) is 33.2 Å². The fourth-order valence-corrected chi connectivity index (χ4v) is 1.48. The second kappa shape index (κ2) is 6.25. The molecule has 0 atom stereocenters. The molecule has 1 heterocycles. The first-order valence-electron chi connectivity index (χ1n) is 5.35. The number of nitrogens with zero attached hydrogens (tertiary/aromatic N) is 1. The lowest BCUT2D eigenvalue weighted by molar-refractivity contribution is 0.645. The average molecular weight is 189 g/mol. The number of aryl methyl sites for hydroxylation is 2. The third-order valence-electron chi connectivity index (χ3n) is 2.19. The molecular weight excluding hydrogens is 170 g/mol. The van der Waals surface area contributed by atoms with Crippen molar-refractivity contribution in [3.63, 3.8) is 0 Å². The van der Waals surface area contributed by atoms with Crippen molar-refractivity contribution in [2.75, 3.05) is 0 Å². The Bertz CT molecular complexity index is 311. The van der Waals surface area contributed by atoms with Crippen LogP contribution in [-0.4, -0.2) is 4.57 Å². The Labute approximate surface area is 86.7 Å². The lowest BCUT2D eigenvalue weighted by Crippen LogP contribution is -2.01. The van der Waals surface area contributed by atoms with E-state index in [2.05, 4.69) is 61.0 Å². The van der Waals surface area contributed by atoms with Gasteiger partial charge in [-0.1, -0.05) is 38.1 Å². The van der Waals surface area contributed by atoms with Gasteiger partial charge in [-0.25, -0.2) is 0 Å². The maximum Gasteiger partial charge on any atom is 0.0219 e. The molecule has 76 valence electrons. The maximum absolute atomic E-state index is 2.32. The van der Waals surface area contributed by atoms with Crippen LogP contribution in [0.3, 0.4) is 0 Å². The Balaban J connectivity index is 3.17. The van der Waals surface area contributed by atoms with E-state index in [0.29, 0.717) is 0 Å². The summed E-state index contributed by atoms with van der Waals surface area (Å²) in [4.78, 5) is 0. The molecule has 0 fully saturated rings. The molecule has 0 bridgehead atoms. The zero-order valence-corrected chi connectivity index (χ0v) is 9.11. The minimum atomic E-state index is 1.08. The van der Waals surface area contributed by atoms with E-state index in [1.54, 1.807) is 0 Å². The van der Waals surface area contributed by atoms with Crippen LogP contribution in [0.4, 0.5) is 0 Å². The van der Waals surface area contributed by atoms with Gasteiger partial charge in [-0.15, -0.1) is 0 Å². The molecular formula is C13H19N. The molecule has 0 saturated carbocycles. The largest absolute Gasteiger partial charge is 0.351 e. The number of aromatic nitrogens is 1. The van der Waals surface area contributed by atoms with Crippen molar-refractivity contribution in [3.05, 3.63) is 48.3 Å². The summed E-state index contributed by atoms with van der Waals surface area (Å²) in [5.41, 5.74) is 1.38. The van der Waals surface area contributed by atoms with E-state index in [-0.39, 0.29) is 0 Å². The van der Waals surface area contributed by atoms with E-state index in [9.17, 15) is 0 Å². The Morgan fingerprint density at radius 3 is 2.43 bits per heavy atom. The zero-order chi connectivity index (χ0) is 10.2. The van der Waals surface area contributed by atoms with Gasteiger partial charge in [0.1, 0.15) is 0 Å². The Kier molecular flexibility index (Phi) is 4.84. The SMILES string of the molecule is CCCn1cccccccc1CC. The first-order chi connectivity index (χ1) is 6.88. The molecule has 1 aromatic heterocycles. The molecule has 0 aliphatic heterocycles. The maximum atomic E-state index is 2.32. The first-order valence-corrected chi connectivity index (χ1v) is 5.35. The number of hydrogen-bond donors (Lipinski definition) is 0. The Hall–Kier alpha value is -1.24. The molecule has 0 aliphatic rings. The molecule has 14 heavy (non-hydrogen) atoms. The third kappa shape index (κ3) is 3.25. The van der Waals surface area contributed by atoms with Crippen LogP contribution in [0.5, 0.6) is 0 Å². The molecule has 0 saturated heterocycles. The van der Waals surface area contributed by atoms with Gasteiger partial charge >= 0.3 is 0 Å². The molecule has 0 aromatic carbocycles. The van der Waals surface area contributed by atoms with Crippen LogP contribution in [0.2, 0.25) is 0 Å². The van der Waals surface area contributed by atoms with Gasteiger partial charge in [0, 0.05) is 18.4 Å². The minimum Gasteiger partial charge on any atom is -0.351 e. The lowest BCUT2D eigenvalue weighted by atomic mass is 10.3. The van der Waals surface area contributed by atoms with Crippen molar-refractivity contribution < 1.29 is 0 Å². The van der Waals surface area contributed by atoms with Crippen LogP contribution in [0.25, 0.3) is 0 Å². The van der Waals surface area contributed by atoms with Crippen LogP contribution in [-0.2, 0) is 13.0 Å². The molecule has 1 rings (SSSR count). The highest BCUT2D eigenvalue weighted by molar-refractivity contribution is 5.04. The molecule has 0 radical (unpaired) electrons. The van der Waals surface area contributed by atoms with Gasteiger partial charge in [0.25, 0.3) is 0 Å². The Morgan fingerprint density at radius 2 is 1.71 bits per heavy atom. The summed E-state index contributed by atoms with van der Waals surface area (Å²) in [5.74, 6) is 0. The molecule has 1 aromatic rings. The van der Waals surface area contributed by atoms with Gasteiger partial charge in [-0.2, -0.15) is 0 Å². The van der Waals surface area contributed by atoms with Crippen LogP contribution in [0.1, 0.15) is 26.0 Å². The molecule has 1 heteroatoms. The van der Waals surface area contributed by atoms with E-state index < -0.39 is 0 Å². The van der Waals surface area contributed by atoms with Crippen LogP contribution >= 0.6 is 0 Å². The molecule has 0 spiro atoms. The van der Waals surface area contributed by atoms with Crippen molar-refractivity contribution in [2.24, 2.45) is 0 Å². The zero-order valence-electron chi connectivity index (χ0n) is 9.11. The van der Waals surface area contributed by atoms with E-state index in [4.69, 9.17) is 0 Å². The monoisotopic (exact) mass is 189 g/mol. The normalized spacial score (nSPS) is 9.57. The standard InChI is InChI=1S/C13H19N/c1-3-11-14-12-9-7-5-6-8-10-13(14)4-2/h5-10,12H,3-4,11H2,1-2H3. The molecule has 1 nitrogen and oxygen atoms in total. The molecule has 0 amide bonds. The average Bonchev–Trinajstić information content (AvgIpc) is 2.30. The highest BCUT2D eigenvalue weighted by Crippen LogP contribution is 2.00. The minimum absolute atomic E-state index is 1.08. The smallest absolute Gasteiger partial charge is 0.0219 e. The summed E-state index contributed by atoms with van der Waals surface area (Å²) < 4.78 is 2.32. The van der Waals surface area contributed by atoms with Crippen LogP contribution < -0.4 is 0 Å².